The number of hydrogen-bond donors (Lipinski definition) is 0. The standard InChI is InChI=1S/C20H17Cl2NO6/c1-26-19(24)17-10-28-11-23(18(17)20(25)27-2)14-3-5-15(6-4-14)29-16-8-12(21)7-13(22)9-16/h3-9H,10-11H2,1-2H3. The molecule has 1 aliphatic rings. The van der Waals surface area contributed by atoms with Gasteiger partial charge in [0.05, 0.1) is 26.4 Å². The van der Waals surface area contributed by atoms with Crippen molar-refractivity contribution in [1.29, 1.82) is 0 Å². The van der Waals surface area contributed by atoms with Gasteiger partial charge < -0.3 is 23.8 Å². The fourth-order valence-electron chi connectivity index (χ4n) is 2.76. The molecule has 152 valence electrons. The Kier molecular flexibility index (Phi) is 6.64. The highest BCUT2D eigenvalue weighted by Crippen LogP contribution is 2.31. The molecule has 0 spiro atoms. The van der Waals surface area contributed by atoms with Crippen molar-refractivity contribution in [3.8, 4) is 11.5 Å². The quantitative estimate of drug-likeness (QED) is 0.649. The number of nitrogens with zero attached hydrogens (tertiary/aromatic N) is 1. The second-order valence-corrected chi connectivity index (χ2v) is 6.79. The van der Waals surface area contributed by atoms with E-state index in [9.17, 15) is 9.59 Å². The van der Waals surface area contributed by atoms with Crippen LogP contribution in [0, 0.1) is 0 Å². The van der Waals surface area contributed by atoms with Crippen LogP contribution in [-0.2, 0) is 23.8 Å². The second-order valence-electron chi connectivity index (χ2n) is 5.92. The van der Waals surface area contributed by atoms with Crippen molar-refractivity contribution < 1.29 is 28.5 Å². The van der Waals surface area contributed by atoms with Gasteiger partial charge in [0.25, 0.3) is 0 Å². The van der Waals surface area contributed by atoms with Crippen LogP contribution >= 0.6 is 23.2 Å². The van der Waals surface area contributed by atoms with Crippen LogP contribution in [0.5, 0.6) is 11.5 Å². The molecule has 0 bridgehead atoms. The van der Waals surface area contributed by atoms with Gasteiger partial charge in [0, 0.05) is 15.7 Å². The maximum atomic E-state index is 12.3. The lowest BCUT2D eigenvalue weighted by Gasteiger charge is -2.31. The van der Waals surface area contributed by atoms with Gasteiger partial charge in [0.15, 0.2) is 0 Å². The van der Waals surface area contributed by atoms with Crippen LogP contribution in [0.15, 0.2) is 53.7 Å². The predicted molar refractivity (Wildman–Crippen MR) is 107 cm³/mol. The Bertz CT molecular complexity index is 938. The summed E-state index contributed by atoms with van der Waals surface area (Å²) in [6.45, 7) is 0.0133. The van der Waals surface area contributed by atoms with Crippen LogP contribution in [0.25, 0.3) is 0 Å². The topological polar surface area (TPSA) is 74.3 Å². The van der Waals surface area contributed by atoms with E-state index < -0.39 is 11.9 Å². The zero-order valence-electron chi connectivity index (χ0n) is 15.6. The fraction of sp³-hybridized carbons (Fsp3) is 0.200. The van der Waals surface area contributed by atoms with Crippen molar-refractivity contribution in [2.45, 2.75) is 0 Å². The Labute approximate surface area is 177 Å². The number of esters is 2. The zero-order valence-corrected chi connectivity index (χ0v) is 17.1. The Balaban J connectivity index is 1.89. The molecule has 3 rings (SSSR count). The minimum Gasteiger partial charge on any atom is -0.466 e. The average Bonchev–Trinajstić information content (AvgIpc) is 2.72. The summed E-state index contributed by atoms with van der Waals surface area (Å²) in [6.07, 6.45) is 0. The maximum absolute atomic E-state index is 12.3. The lowest BCUT2D eigenvalue weighted by Crippen LogP contribution is -2.38. The normalized spacial score (nSPS) is 13.9. The molecule has 7 nitrogen and oxygen atoms in total. The molecule has 1 heterocycles. The van der Waals surface area contributed by atoms with Gasteiger partial charge in [-0.15, -0.1) is 0 Å². The highest BCUT2D eigenvalue weighted by Gasteiger charge is 2.32. The smallest absolute Gasteiger partial charge is 0.355 e. The van der Waals surface area contributed by atoms with Gasteiger partial charge in [-0.1, -0.05) is 23.2 Å². The summed E-state index contributed by atoms with van der Waals surface area (Å²) < 4.78 is 20.8. The van der Waals surface area contributed by atoms with Gasteiger partial charge in [-0.2, -0.15) is 0 Å². The van der Waals surface area contributed by atoms with Crippen molar-refractivity contribution in [2.75, 3.05) is 32.5 Å². The van der Waals surface area contributed by atoms with Crippen LogP contribution in [0.2, 0.25) is 10.0 Å². The summed E-state index contributed by atoms with van der Waals surface area (Å²) >= 11 is 12.0. The molecule has 9 heteroatoms. The van der Waals surface area contributed by atoms with Crippen LogP contribution in [0.3, 0.4) is 0 Å². The highest BCUT2D eigenvalue weighted by molar-refractivity contribution is 6.34. The molecule has 0 saturated heterocycles. The van der Waals surface area contributed by atoms with Crippen LogP contribution < -0.4 is 9.64 Å². The minimum absolute atomic E-state index is 0.0513. The predicted octanol–water partition coefficient (Wildman–Crippen LogP) is 4.18. The van der Waals surface area contributed by atoms with Crippen LogP contribution in [-0.4, -0.2) is 39.5 Å². The number of hydrogen-bond acceptors (Lipinski definition) is 7. The Morgan fingerprint density at radius 3 is 2.14 bits per heavy atom. The third-order valence-corrected chi connectivity index (χ3v) is 4.49. The molecule has 29 heavy (non-hydrogen) atoms. The Morgan fingerprint density at radius 1 is 0.931 bits per heavy atom. The molecule has 0 atom stereocenters. The molecule has 0 unspecified atom stereocenters. The fourth-order valence-corrected chi connectivity index (χ4v) is 3.27. The summed E-state index contributed by atoms with van der Waals surface area (Å²) in [5.74, 6) is -0.308. The van der Waals surface area contributed by atoms with Gasteiger partial charge in [-0.3, -0.25) is 0 Å². The molecule has 0 N–H and O–H groups in total. The van der Waals surface area contributed by atoms with Crippen LogP contribution in [0.4, 0.5) is 5.69 Å². The summed E-state index contributed by atoms with van der Waals surface area (Å²) in [5.41, 5.74) is 0.753. The lowest BCUT2D eigenvalue weighted by molar-refractivity contribution is -0.140. The van der Waals surface area contributed by atoms with Crippen molar-refractivity contribution in [2.24, 2.45) is 0 Å². The summed E-state index contributed by atoms with van der Waals surface area (Å²) in [4.78, 5) is 25.9. The number of carbonyl (C=O) groups excluding carboxylic acids is 2. The first kappa shape index (κ1) is 21.0. The van der Waals surface area contributed by atoms with Gasteiger partial charge in [0.1, 0.15) is 23.9 Å². The van der Waals surface area contributed by atoms with E-state index in [-0.39, 0.29) is 24.6 Å². The zero-order chi connectivity index (χ0) is 21.0. The minimum atomic E-state index is -0.664. The largest absolute Gasteiger partial charge is 0.466 e. The molecule has 2 aromatic carbocycles. The van der Waals surface area contributed by atoms with Crippen molar-refractivity contribution in [1.82, 2.24) is 0 Å². The molecule has 0 aliphatic carbocycles. The molecule has 0 saturated carbocycles. The van der Waals surface area contributed by atoms with E-state index in [4.69, 9.17) is 42.1 Å². The molecular formula is C20H17Cl2NO6. The lowest BCUT2D eigenvalue weighted by atomic mass is 10.1. The van der Waals surface area contributed by atoms with Crippen molar-refractivity contribution >= 4 is 40.8 Å². The van der Waals surface area contributed by atoms with Gasteiger partial charge in [0.2, 0.25) is 0 Å². The molecule has 2 aromatic rings. The molecule has 0 radical (unpaired) electrons. The molecule has 0 amide bonds. The molecular weight excluding hydrogens is 421 g/mol. The third kappa shape index (κ3) is 4.82. The van der Waals surface area contributed by atoms with E-state index in [2.05, 4.69) is 0 Å². The number of anilines is 1. The van der Waals surface area contributed by atoms with E-state index in [0.717, 1.165) is 0 Å². The van der Waals surface area contributed by atoms with E-state index in [1.165, 1.54) is 19.1 Å². The maximum Gasteiger partial charge on any atom is 0.355 e. The van der Waals surface area contributed by atoms with E-state index in [0.29, 0.717) is 27.2 Å². The number of rotatable bonds is 5. The number of ether oxygens (including phenoxy) is 4. The average molecular weight is 438 g/mol. The number of carbonyl (C=O) groups is 2. The summed E-state index contributed by atoms with van der Waals surface area (Å²) in [6, 6.07) is 11.7. The first-order valence-electron chi connectivity index (χ1n) is 8.42. The Morgan fingerprint density at radius 2 is 1.55 bits per heavy atom. The van der Waals surface area contributed by atoms with E-state index in [1.54, 1.807) is 42.5 Å². The second kappa shape index (κ2) is 9.17. The van der Waals surface area contributed by atoms with Crippen molar-refractivity contribution in [3.05, 3.63) is 63.8 Å². The SMILES string of the molecule is COC(=O)C1=C(C(=O)OC)N(c2ccc(Oc3cc(Cl)cc(Cl)c3)cc2)COC1. The monoisotopic (exact) mass is 437 g/mol. The number of benzene rings is 2. The first-order valence-corrected chi connectivity index (χ1v) is 9.17. The van der Waals surface area contributed by atoms with Gasteiger partial charge >= 0.3 is 11.9 Å². The molecule has 0 aromatic heterocycles. The van der Waals surface area contributed by atoms with Gasteiger partial charge in [-0.25, -0.2) is 9.59 Å². The Hall–Kier alpha value is -2.74. The van der Waals surface area contributed by atoms with Crippen molar-refractivity contribution in [3.63, 3.8) is 0 Å². The van der Waals surface area contributed by atoms with Crippen LogP contribution in [0.1, 0.15) is 0 Å². The number of methoxy groups -OCH3 is 2. The first-order chi connectivity index (χ1) is 13.9. The van der Waals surface area contributed by atoms with E-state index >= 15 is 0 Å². The highest BCUT2D eigenvalue weighted by atomic mass is 35.5. The third-order valence-electron chi connectivity index (χ3n) is 4.05. The van der Waals surface area contributed by atoms with Gasteiger partial charge in [-0.05, 0) is 42.5 Å². The summed E-state index contributed by atoms with van der Waals surface area (Å²) in [5, 5.41) is 0.913. The molecule has 0 fully saturated rings. The van der Waals surface area contributed by atoms with E-state index in [1.807, 2.05) is 0 Å². The number of halogens is 2. The molecule has 1 aliphatic heterocycles. The summed E-state index contributed by atoms with van der Waals surface area (Å²) in [7, 11) is 2.47.